The number of rotatable bonds is 4. The molecule has 0 aromatic heterocycles. The molecule has 1 unspecified atom stereocenters. The summed E-state index contributed by atoms with van der Waals surface area (Å²) in [4.78, 5) is 26.2. The fourth-order valence-corrected chi connectivity index (χ4v) is 2.86. The van der Waals surface area contributed by atoms with Crippen molar-refractivity contribution in [2.75, 3.05) is 11.9 Å². The maximum Gasteiger partial charge on any atom is 0.263 e. The summed E-state index contributed by atoms with van der Waals surface area (Å²) in [6.45, 7) is 7.19. The fraction of sp³-hybridized carbons (Fsp3) is 0.556. The Kier molecular flexibility index (Phi) is 4.28. The van der Waals surface area contributed by atoms with Gasteiger partial charge in [0.2, 0.25) is 5.91 Å². The first-order valence-corrected chi connectivity index (χ1v) is 8.33. The molecule has 2 amide bonds. The number of amides is 2. The minimum Gasteiger partial charge on any atom is -0.481 e. The molecule has 1 fully saturated rings. The molecule has 2 aliphatic rings. The molecule has 0 bridgehead atoms. The number of carbonyl (C=O) groups is 2. The van der Waals surface area contributed by atoms with Gasteiger partial charge in [0, 0.05) is 30.3 Å². The van der Waals surface area contributed by atoms with Gasteiger partial charge < -0.3 is 15.0 Å². The lowest BCUT2D eigenvalue weighted by atomic mass is 10.1. The molecule has 1 aromatic rings. The molecular weight excluding hydrogens is 292 g/mol. The molecule has 5 nitrogen and oxygen atoms in total. The smallest absolute Gasteiger partial charge is 0.263 e. The summed E-state index contributed by atoms with van der Waals surface area (Å²) < 4.78 is 5.80. The van der Waals surface area contributed by atoms with Crippen LogP contribution in [0.2, 0.25) is 0 Å². The largest absolute Gasteiger partial charge is 0.481 e. The van der Waals surface area contributed by atoms with Gasteiger partial charge in [-0.3, -0.25) is 9.59 Å². The highest BCUT2D eigenvalue weighted by atomic mass is 16.5. The van der Waals surface area contributed by atoms with Crippen molar-refractivity contribution in [2.24, 2.45) is 11.8 Å². The third kappa shape index (κ3) is 3.66. The van der Waals surface area contributed by atoms with Gasteiger partial charge in [0.05, 0.1) is 0 Å². The van der Waals surface area contributed by atoms with E-state index in [9.17, 15) is 9.59 Å². The van der Waals surface area contributed by atoms with Crippen molar-refractivity contribution < 1.29 is 14.3 Å². The minimum absolute atomic E-state index is 0.0125. The number of nitrogens with zero attached hydrogens (tertiary/aromatic N) is 1. The van der Waals surface area contributed by atoms with Gasteiger partial charge in [-0.1, -0.05) is 13.8 Å². The second kappa shape index (κ2) is 6.22. The third-order valence-electron chi connectivity index (χ3n) is 4.19. The molecule has 1 saturated carbocycles. The molecule has 1 N–H and O–H groups in total. The van der Waals surface area contributed by atoms with E-state index >= 15 is 0 Å². The van der Waals surface area contributed by atoms with E-state index in [1.807, 2.05) is 23.1 Å². The molecule has 5 heteroatoms. The maximum absolute atomic E-state index is 12.4. The van der Waals surface area contributed by atoms with Crippen molar-refractivity contribution in [3.8, 4) is 5.75 Å². The Morgan fingerprint density at radius 2 is 2.13 bits per heavy atom. The van der Waals surface area contributed by atoms with Gasteiger partial charge in [-0.2, -0.15) is 0 Å². The van der Waals surface area contributed by atoms with Crippen LogP contribution in [0.5, 0.6) is 5.75 Å². The lowest BCUT2D eigenvalue weighted by Crippen LogP contribution is -2.39. The normalized spacial score (nSPS) is 20.8. The molecule has 124 valence electrons. The van der Waals surface area contributed by atoms with E-state index in [0.29, 0.717) is 19.0 Å². The van der Waals surface area contributed by atoms with E-state index in [-0.39, 0.29) is 17.7 Å². The van der Waals surface area contributed by atoms with Gasteiger partial charge in [0.25, 0.3) is 5.91 Å². The predicted molar refractivity (Wildman–Crippen MR) is 88.1 cm³/mol. The highest BCUT2D eigenvalue weighted by Crippen LogP contribution is 2.32. The Balaban J connectivity index is 1.82. The molecule has 0 saturated heterocycles. The van der Waals surface area contributed by atoms with Gasteiger partial charge in [0.1, 0.15) is 5.75 Å². The second-order valence-electron chi connectivity index (χ2n) is 6.96. The van der Waals surface area contributed by atoms with Crippen molar-refractivity contribution in [1.82, 2.24) is 4.90 Å². The van der Waals surface area contributed by atoms with Crippen molar-refractivity contribution >= 4 is 17.5 Å². The summed E-state index contributed by atoms with van der Waals surface area (Å²) in [7, 11) is 0. The summed E-state index contributed by atoms with van der Waals surface area (Å²) in [6.07, 6.45) is 1.48. The zero-order chi connectivity index (χ0) is 16.6. The average Bonchev–Trinajstić information content (AvgIpc) is 3.32. The highest BCUT2D eigenvalue weighted by Gasteiger charge is 2.31. The summed E-state index contributed by atoms with van der Waals surface area (Å²) in [6, 6.07) is 5.61. The number of nitrogens with one attached hydrogen (secondary N) is 1. The standard InChI is InChI=1S/C18H24N2O3/c1-11(2)9-20-10-14-8-15(19-17(21)13-4-5-13)6-7-16(14)23-12(3)18(20)22/h6-8,11-13H,4-5,9-10H2,1-3H3,(H,19,21). The Labute approximate surface area is 137 Å². The number of hydrogen-bond acceptors (Lipinski definition) is 3. The van der Waals surface area contributed by atoms with Crippen LogP contribution in [0.25, 0.3) is 0 Å². The number of anilines is 1. The molecule has 1 aliphatic heterocycles. The van der Waals surface area contributed by atoms with Crippen molar-refractivity contribution in [2.45, 2.75) is 46.3 Å². The number of ether oxygens (including phenoxy) is 1. The zero-order valence-corrected chi connectivity index (χ0v) is 14.0. The number of hydrogen-bond donors (Lipinski definition) is 1. The number of fused-ring (bicyclic) bond motifs is 1. The van der Waals surface area contributed by atoms with Crippen LogP contribution >= 0.6 is 0 Å². The van der Waals surface area contributed by atoms with E-state index in [0.717, 1.165) is 29.8 Å². The molecule has 23 heavy (non-hydrogen) atoms. The molecule has 0 spiro atoms. The fourth-order valence-electron chi connectivity index (χ4n) is 2.86. The molecule has 3 rings (SSSR count). The Morgan fingerprint density at radius 1 is 1.39 bits per heavy atom. The van der Waals surface area contributed by atoms with E-state index in [2.05, 4.69) is 19.2 Å². The lowest BCUT2D eigenvalue weighted by Gasteiger charge is -2.24. The predicted octanol–water partition coefficient (Wildman–Crippen LogP) is 2.80. The second-order valence-corrected chi connectivity index (χ2v) is 6.96. The van der Waals surface area contributed by atoms with E-state index in [1.54, 1.807) is 6.92 Å². The third-order valence-corrected chi connectivity index (χ3v) is 4.19. The maximum atomic E-state index is 12.4. The summed E-state index contributed by atoms with van der Waals surface area (Å²) in [5.74, 6) is 1.39. The lowest BCUT2D eigenvalue weighted by molar-refractivity contribution is -0.138. The van der Waals surface area contributed by atoms with Gasteiger partial charge in [-0.05, 0) is 43.9 Å². The van der Waals surface area contributed by atoms with E-state index in [1.165, 1.54) is 0 Å². The topological polar surface area (TPSA) is 58.6 Å². The zero-order valence-electron chi connectivity index (χ0n) is 14.0. The summed E-state index contributed by atoms with van der Waals surface area (Å²) in [5.41, 5.74) is 1.72. The first kappa shape index (κ1) is 15.8. The monoisotopic (exact) mass is 316 g/mol. The van der Waals surface area contributed by atoms with E-state index in [4.69, 9.17) is 4.74 Å². The van der Waals surface area contributed by atoms with Crippen LogP contribution < -0.4 is 10.1 Å². The summed E-state index contributed by atoms with van der Waals surface area (Å²) >= 11 is 0. The number of carbonyl (C=O) groups excluding carboxylic acids is 2. The number of benzene rings is 1. The van der Waals surface area contributed by atoms with Crippen LogP contribution in [-0.4, -0.2) is 29.4 Å². The first-order valence-electron chi connectivity index (χ1n) is 8.33. The van der Waals surface area contributed by atoms with Crippen molar-refractivity contribution in [1.29, 1.82) is 0 Å². The van der Waals surface area contributed by atoms with Gasteiger partial charge in [0.15, 0.2) is 6.10 Å². The molecule has 0 radical (unpaired) electrons. The van der Waals surface area contributed by atoms with Crippen molar-refractivity contribution in [3.05, 3.63) is 23.8 Å². The van der Waals surface area contributed by atoms with Crippen LogP contribution in [0.3, 0.4) is 0 Å². The van der Waals surface area contributed by atoms with Crippen LogP contribution in [0.4, 0.5) is 5.69 Å². The first-order chi connectivity index (χ1) is 10.9. The minimum atomic E-state index is -0.484. The van der Waals surface area contributed by atoms with Crippen LogP contribution in [0.1, 0.15) is 39.2 Å². The van der Waals surface area contributed by atoms with Crippen LogP contribution in [0.15, 0.2) is 18.2 Å². The molecule has 1 aliphatic carbocycles. The van der Waals surface area contributed by atoms with Crippen LogP contribution in [0, 0.1) is 11.8 Å². The Hall–Kier alpha value is -2.04. The Morgan fingerprint density at radius 3 is 2.78 bits per heavy atom. The molecule has 1 atom stereocenters. The van der Waals surface area contributed by atoms with Crippen molar-refractivity contribution in [3.63, 3.8) is 0 Å². The quantitative estimate of drug-likeness (QED) is 0.929. The summed E-state index contributed by atoms with van der Waals surface area (Å²) in [5, 5.41) is 2.95. The molecule has 1 heterocycles. The van der Waals surface area contributed by atoms with Gasteiger partial charge >= 0.3 is 0 Å². The average molecular weight is 316 g/mol. The highest BCUT2D eigenvalue weighted by molar-refractivity contribution is 5.94. The van der Waals surface area contributed by atoms with Gasteiger partial charge in [-0.15, -0.1) is 0 Å². The van der Waals surface area contributed by atoms with Gasteiger partial charge in [-0.25, -0.2) is 0 Å². The van der Waals surface area contributed by atoms with Crippen LogP contribution in [-0.2, 0) is 16.1 Å². The molecular formula is C18H24N2O3. The Bertz CT molecular complexity index is 623. The molecule has 1 aromatic carbocycles. The van der Waals surface area contributed by atoms with E-state index < -0.39 is 6.10 Å². The SMILES string of the molecule is CC(C)CN1Cc2cc(NC(=O)C3CC3)ccc2OC(C)C1=O.